The second-order valence-corrected chi connectivity index (χ2v) is 8.02. The fraction of sp³-hybridized carbons (Fsp3) is 0.333. The van der Waals surface area contributed by atoms with E-state index in [0.717, 1.165) is 28.2 Å². The lowest BCUT2D eigenvalue weighted by Gasteiger charge is -2.13. The van der Waals surface area contributed by atoms with Gasteiger partial charge in [-0.3, -0.25) is 9.78 Å². The summed E-state index contributed by atoms with van der Waals surface area (Å²) < 4.78 is 31.6. The van der Waals surface area contributed by atoms with Crippen molar-refractivity contribution >= 4 is 27.3 Å². The van der Waals surface area contributed by atoms with Gasteiger partial charge >= 0.3 is 0 Å². The molecule has 0 spiro atoms. The number of sulfonamides is 1. The number of rotatable bonds is 7. The highest BCUT2D eigenvalue weighted by Crippen LogP contribution is 2.23. The van der Waals surface area contributed by atoms with Crippen LogP contribution >= 0.6 is 11.3 Å². The molecule has 0 saturated heterocycles. The van der Waals surface area contributed by atoms with Crippen molar-refractivity contribution in [1.82, 2.24) is 15.0 Å². The Balaban J connectivity index is 1.93. The van der Waals surface area contributed by atoms with Crippen molar-refractivity contribution in [2.24, 2.45) is 0 Å². The van der Waals surface area contributed by atoms with Crippen LogP contribution in [0.15, 0.2) is 27.9 Å². The van der Waals surface area contributed by atoms with Gasteiger partial charge in [0.15, 0.2) is 0 Å². The van der Waals surface area contributed by atoms with E-state index in [2.05, 4.69) is 15.0 Å². The number of pyridine rings is 1. The zero-order chi connectivity index (χ0) is 17.7. The van der Waals surface area contributed by atoms with Crippen molar-refractivity contribution < 1.29 is 17.9 Å². The Morgan fingerprint density at radius 1 is 1.38 bits per heavy atom. The molecule has 0 radical (unpaired) electrons. The molecule has 0 fully saturated rings. The molecule has 0 aliphatic heterocycles. The van der Waals surface area contributed by atoms with Crippen LogP contribution in [0.25, 0.3) is 0 Å². The minimum atomic E-state index is -3.65. The number of hydrogen-bond donors (Lipinski definition) is 2. The summed E-state index contributed by atoms with van der Waals surface area (Å²) in [5, 5.41) is 4.31. The fourth-order valence-corrected chi connectivity index (χ4v) is 4.16. The Morgan fingerprint density at radius 2 is 2.12 bits per heavy atom. The molecule has 0 atom stereocenters. The molecule has 2 aromatic rings. The van der Waals surface area contributed by atoms with Gasteiger partial charge in [0, 0.05) is 17.3 Å². The number of aryl methyl sites for hydroxylation is 1. The molecule has 0 unspecified atom stereocenters. The Hall–Kier alpha value is -1.97. The molecule has 0 aliphatic carbocycles. The maximum absolute atomic E-state index is 11.9. The van der Waals surface area contributed by atoms with Crippen LogP contribution < -0.4 is 14.8 Å². The van der Waals surface area contributed by atoms with Crippen molar-refractivity contribution in [1.29, 1.82) is 0 Å². The zero-order valence-electron chi connectivity index (χ0n) is 13.6. The molecule has 0 aliphatic rings. The van der Waals surface area contributed by atoms with Gasteiger partial charge in [-0.2, -0.15) is 0 Å². The summed E-state index contributed by atoms with van der Waals surface area (Å²) in [6, 6.07) is 3.12. The van der Waals surface area contributed by atoms with E-state index in [1.807, 2.05) is 13.8 Å². The van der Waals surface area contributed by atoms with Crippen molar-refractivity contribution in [2.75, 3.05) is 13.7 Å². The van der Waals surface area contributed by atoms with Crippen LogP contribution in [0.1, 0.15) is 16.8 Å². The molecule has 9 heteroatoms. The lowest BCUT2D eigenvalue weighted by Crippen LogP contribution is -2.36. The third kappa shape index (κ3) is 4.31. The highest BCUT2D eigenvalue weighted by Gasteiger charge is 2.16. The summed E-state index contributed by atoms with van der Waals surface area (Å²) in [5.41, 5.74) is 2.43. The Kier molecular flexibility index (Phi) is 5.92. The van der Waals surface area contributed by atoms with Gasteiger partial charge in [0.25, 0.3) is 10.0 Å². The molecule has 0 aromatic carbocycles. The molecule has 7 nitrogen and oxygen atoms in total. The van der Waals surface area contributed by atoms with E-state index in [9.17, 15) is 13.2 Å². The average Bonchev–Trinajstić information content (AvgIpc) is 3.08. The first kappa shape index (κ1) is 18.4. The summed E-state index contributed by atoms with van der Waals surface area (Å²) in [6.45, 7) is 3.62. The van der Waals surface area contributed by atoms with Gasteiger partial charge in [-0.25, -0.2) is 13.1 Å². The molecule has 24 heavy (non-hydrogen) atoms. The number of amides is 1. The van der Waals surface area contributed by atoms with Crippen molar-refractivity contribution in [3.8, 4) is 5.75 Å². The number of carbonyl (C=O) groups excluding carboxylic acids is 1. The second-order valence-electron chi connectivity index (χ2n) is 5.08. The lowest BCUT2D eigenvalue weighted by molar-refractivity contribution is -0.120. The molecular formula is C15H19N3O4S2. The zero-order valence-corrected chi connectivity index (χ0v) is 15.3. The van der Waals surface area contributed by atoms with Crippen LogP contribution in [0.2, 0.25) is 0 Å². The first-order valence-electron chi connectivity index (χ1n) is 7.14. The number of ether oxygens (including phenoxy) is 1. The van der Waals surface area contributed by atoms with Crippen LogP contribution in [0.3, 0.4) is 0 Å². The van der Waals surface area contributed by atoms with Gasteiger partial charge in [0.2, 0.25) is 5.91 Å². The van der Waals surface area contributed by atoms with Gasteiger partial charge < -0.3 is 10.1 Å². The van der Waals surface area contributed by atoms with E-state index in [4.69, 9.17) is 4.74 Å². The molecule has 0 saturated carbocycles. The standard InChI is InChI=1S/C15H19N3O4S2/c1-10-7-16-12(11(2)15(10)22-3)8-17-13(19)9-18-24(20,21)14-5-4-6-23-14/h4-7,18H,8-9H2,1-3H3,(H,17,19). The number of nitrogens with one attached hydrogen (secondary N) is 2. The third-order valence-corrected chi connectivity index (χ3v) is 6.18. The summed E-state index contributed by atoms with van der Waals surface area (Å²) in [7, 11) is -2.07. The lowest BCUT2D eigenvalue weighted by atomic mass is 10.1. The first-order valence-corrected chi connectivity index (χ1v) is 9.50. The smallest absolute Gasteiger partial charge is 0.250 e. The van der Waals surface area contributed by atoms with Gasteiger partial charge in [-0.15, -0.1) is 11.3 Å². The van der Waals surface area contributed by atoms with E-state index in [1.54, 1.807) is 24.8 Å². The minimum Gasteiger partial charge on any atom is -0.496 e. The van der Waals surface area contributed by atoms with E-state index >= 15 is 0 Å². The van der Waals surface area contributed by atoms with Gasteiger partial charge in [0.05, 0.1) is 25.9 Å². The normalized spacial score (nSPS) is 11.3. The number of hydrogen-bond acceptors (Lipinski definition) is 6. The molecule has 1 amide bonds. The van der Waals surface area contributed by atoms with Crippen molar-refractivity contribution in [2.45, 2.75) is 24.6 Å². The number of methoxy groups -OCH3 is 1. The number of carbonyl (C=O) groups is 1. The van der Waals surface area contributed by atoms with E-state index in [1.165, 1.54) is 6.07 Å². The van der Waals surface area contributed by atoms with E-state index in [-0.39, 0.29) is 17.3 Å². The Bertz CT molecular complexity index is 817. The summed E-state index contributed by atoms with van der Waals surface area (Å²) in [5.74, 6) is 0.295. The van der Waals surface area contributed by atoms with Crippen molar-refractivity contribution in [3.63, 3.8) is 0 Å². The average molecular weight is 369 g/mol. The second kappa shape index (κ2) is 7.73. The van der Waals surface area contributed by atoms with Crippen LogP contribution in [0, 0.1) is 13.8 Å². The molecule has 2 aromatic heterocycles. The maximum atomic E-state index is 11.9. The highest BCUT2D eigenvalue weighted by atomic mass is 32.2. The van der Waals surface area contributed by atoms with Crippen LogP contribution in [0.4, 0.5) is 0 Å². The fourth-order valence-electron chi connectivity index (χ4n) is 2.14. The molecular weight excluding hydrogens is 350 g/mol. The SMILES string of the molecule is COc1c(C)cnc(CNC(=O)CNS(=O)(=O)c2cccs2)c1C. The monoisotopic (exact) mass is 369 g/mol. The first-order chi connectivity index (χ1) is 11.3. The van der Waals surface area contributed by atoms with Crippen LogP contribution in [-0.2, 0) is 21.4 Å². The molecule has 0 bridgehead atoms. The van der Waals surface area contributed by atoms with Crippen LogP contribution in [-0.4, -0.2) is 33.0 Å². The summed E-state index contributed by atoms with van der Waals surface area (Å²) in [6.07, 6.45) is 1.67. The number of thiophene rings is 1. The van der Waals surface area contributed by atoms with Gasteiger partial charge in [0.1, 0.15) is 9.96 Å². The Morgan fingerprint density at radius 3 is 2.75 bits per heavy atom. The highest BCUT2D eigenvalue weighted by molar-refractivity contribution is 7.91. The maximum Gasteiger partial charge on any atom is 0.250 e. The molecule has 2 heterocycles. The molecule has 2 rings (SSSR count). The van der Waals surface area contributed by atoms with Gasteiger partial charge in [-0.1, -0.05) is 6.07 Å². The predicted molar refractivity (Wildman–Crippen MR) is 91.6 cm³/mol. The molecule has 2 N–H and O–H groups in total. The quantitative estimate of drug-likeness (QED) is 0.768. The third-order valence-electron chi connectivity index (χ3n) is 3.39. The minimum absolute atomic E-state index is 0.177. The summed E-state index contributed by atoms with van der Waals surface area (Å²) in [4.78, 5) is 16.1. The largest absolute Gasteiger partial charge is 0.496 e. The van der Waals surface area contributed by atoms with Crippen LogP contribution in [0.5, 0.6) is 5.75 Å². The van der Waals surface area contributed by atoms with E-state index < -0.39 is 15.9 Å². The predicted octanol–water partition coefficient (Wildman–Crippen LogP) is 1.36. The number of aromatic nitrogens is 1. The summed E-state index contributed by atoms with van der Waals surface area (Å²) >= 11 is 1.09. The number of nitrogens with zero attached hydrogens (tertiary/aromatic N) is 1. The van der Waals surface area contributed by atoms with Crippen molar-refractivity contribution in [3.05, 3.63) is 40.5 Å². The van der Waals surface area contributed by atoms with E-state index in [0.29, 0.717) is 5.69 Å². The molecule has 130 valence electrons. The van der Waals surface area contributed by atoms with Gasteiger partial charge in [-0.05, 0) is 25.3 Å². The Labute approximate surface area is 145 Å². The topological polar surface area (TPSA) is 97.4 Å².